The second-order valence-corrected chi connectivity index (χ2v) is 2.66. The maximum absolute atomic E-state index is 10.6. The van der Waals surface area contributed by atoms with Crippen molar-refractivity contribution in [1.29, 1.82) is 0 Å². The first kappa shape index (κ1) is 10.2. The summed E-state index contributed by atoms with van der Waals surface area (Å²) in [6.07, 6.45) is 3.00. The van der Waals surface area contributed by atoms with Gasteiger partial charge in [-0.05, 0) is 19.9 Å². The molecule has 0 spiro atoms. The number of carbonyl (C=O) groups excluding carboxylic acids is 1. The van der Waals surface area contributed by atoms with Crippen LogP contribution in [0, 0.1) is 0 Å². The van der Waals surface area contributed by atoms with Crippen molar-refractivity contribution >= 4 is 5.97 Å². The standard InChI is InChI=1S/C8H14O3/c1-8(2,11-4)6-5-7(9)10-3/h5-6H,1-4H3/b6-5+. The van der Waals surface area contributed by atoms with Crippen LogP contribution in [0.3, 0.4) is 0 Å². The molecule has 0 heterocycles. The summed E-state index contributed by atoms with van der Waals surface area (Å²) in [5.74, 6) is -0.366. The number of methoxy groups -OCH3 is 2. The lowest BCUT2D eigenvalue weighted by molar-refractivity contribution is -0.134. The summed E-state index contributed by atoms with van der Waals surface area (Å²) in [6, 6.07) is 0. The Morgan fingerprint density at radius 3 is 2.27 bits per heavy atom. The molecule has 11 heavy (non-hydrogen) atoms. The molecule has 0 N–H and O–H groups in total. The van der Waals surface area contributed by atoms with Crippen molar-refractivity contribution in [2.24, 2.45) is 0 Å². The average molecular weight is 158 g/mol. The Hall–Kier alpha value is -0.830. The van der Waals surface area contributed by atoms with E-state index in [4.69, 9.17) is 4.74 Å². The average Bonchev–Trinajstić information content (AvgIpc) is 2.00. The highest BCUT2D eigenvalue weighted by molar-refractivity contribution is 5.81. The summed E-state index contributed by atoms with van der Waals surface area (Å²) in [5.41, 5.74) is -0.409. The van der Waals surface area contributed by atoms with Crippen LogP contribution in [-0.2, 0) is 14.3 Å². The Kier molecular flexibility index (Phi) is 3.82. The third-order valence-corrected chi connectivity index (χ3v) is 1.35. The van der Waals surface area contributed by atoms with E-state index >= 15 is 0 Å². The highest BCUT2D eigenvalue weighted by atomic mass is 16.5. The molecule has 0 atom stereocenters. The van der Waals surface area contributed by atoms with Gasteiger partial charge >= 0.3 is 5.97 Å². The van der Waals surface area contributed by atoms with Crippen LogP contribution in [0.2, 0.25) is 0 Å². The van der Waals surface area contributed by atoms with Crippen molar-refractivity contribution in [2.45, 2.75) is 19.4 Å². The minimum Gasteiger partial charge on any atom is -0.466 e. The zero-order valence-corrected chi connectivity index (χ0v) is 7.38. The molecule has 0 rings (SSSR count). The van der Waals surface area contributed by atoms with Crippen molar-refractivity contribution < 1.29 is 14.3 Å². The van der Waals surface area contributed by atoms with E-state index in [1.165, 1.54) is 13.2 Å². The van der Waals surface area contributed by atoms with Crippen molar-refractivity contribution in [2.75, 3.05) is 14.2 Å². The fourth-order valence-electron chi connectivity index (χ4n) is 0.405. The van der Waals surface area contributed by atoms with Gasteiger partial charge in [0.15, 0.2) is 0 Å². The van der Waals surface area contributed by atoms with E-state index in [-0.39, 0.29) is 5.97 Å². The van der Waals surface area contributed by atoms with Gasteiger partial charge in [0.05, 0.1) is 12.7 Å². The van der Waals surface area contributed by atoms with E-state index in [0.29, 0.717) is 0 Å². The molecule has 0 aromatic heterocycles. The molecule has 64 valence electrons. The van der Waals surface area contributed by atoms with Crippen LogP contribution < -0.4 is 0 Å². The summed E-state index contributed by atoms with van der Waals surface area (Å²) in [4.78, 5) is 10.6. The van der Waals surface area contributed by atoms with E-state index in [1.807, 2.05) is 13.8 Å². The molecule has 3 heteroatoms. The number of esters is 1. The highest BCUT2D eigenvalue weighted by Gasteiger charge is 2.11. The van der Waals surface area contributed by atoms with Gasteiger partial charge < -0.3 is 9.47 Å². The predicted octanol–water partition coefficient (Wildman–Crippen LogP) is 1.14. The maximum Gasteiger partial charge on any atom is 0.330 e. The first-order valence-electron chi connectivity index (χ1n) is 3.34. The minimum atomic E-state index is -0.409. The van der Waals surface area contributed by atoms with Crippen LogP contribution in [0.1, 0.15) is 13.8 Å². The monoisotopic (exact) mass is 158 g/mol. The highest BCUT2D eigenvalue weighted by Crippen LogP contribution is 2.08. The van der Waals surface area contributed by atoms with Gasteiger partial charge in [0, 0.05) is 13.2 Å². The molecule has 0 amide bonds. The van der Waals surface area contributed by atoms with E-state index < -0.39 is 5.60 Å². The Morgan fingerprint density at radius 2 is 1.91 bits per heavy atom. The number of hydrogen-bond donors (Lipinski definition) is 0. The Balaban J connectivity index is 4.01. The number of carbonyl (C=O) groups is 1. The largest absolute Gasteiger partial charge is 0.466 e. The van der Waals surface area contributed by atoms with Gasteiger partial charge in [-0.2, -0.15) is 0 Å². The topological polar surface area (TPSA) is 35.5 Å². The van der Waals surface area contributed by atoms with Gasteiger partial charge in [-0.3, -0.25) is 0 Å². The van der Waals surface area contributed by atoms with E-state index in [2.05, 4.69) is 4.74 Å². The Morgan fingerprint density at radius 1 is 1.36 bits per heavy atom. The fraction of sp³-hybridized carbons (Fsp3) is 0.625. The van der Waals surface area contributed by atoms with Crippen molar-refractivity contribution in [3.63, 3.8) is 0 Å². The van der Waals surface area contributed by atoms with Crippen LogP contribution in [0.25, 0.3) is 0 Å². The summed E-state index contributed by atoms with van der Waals surface area (Å²) in [5, 5.41) is 0. The lowest BCUT2D eigenvalue weighted by Crippen LogP contribution is -2.19. The summed E-state index contributed by atoms with van der Waals surface area (Å²) < 4.78 is 9.45. The summed E-state index contributed by atoms with van der Waals surface area (Å²) in [6.45, 7) is 3.71. The molecule has 0 aliphatic heterocycles. The fourth-order valence-corrected chi connectivity index (χ4v) is 0.405. The van der Waals surface area contributed by atoms with E-state index in [1.54, 1.807) is 13.2 Å². The van der Waals surface area contributed by atoms with Crippen LogP contribution in [0.15, 0.2) is 12.2 Å². The zero-order valence-electron chi connectivity index (χ0n) is 7.38. The molecular weight excluding hydrogens is 144 g/mol. The third kappa shape index (κ3) is 4.56. The molecule has 0 fully saturated rings. The van der Waals surface area contributed by atoms with Crippen LogP contribution >= 0.6 is 0 Å². The molecular formula is C8H14O3. The van der Waals surface area contributed by atoms with Gasteiger partial charge in [0.2, 0.25) is 0 Å². The van der Waals surface area contributed by atoms with Crippen molar-refractivity contribution in [3.05, 3.63) is 12.2 Å². The molecule has 0 unspecified atom stereocenters. The predicted molar refractivity (Wildman–Crippen MR) is 42.2 cm³/mol. The van der Waals surface area contributed by atoms with Crippen molar-refractivity contribution in [1.82, 2.24) is 0 Å². The lowest BCUT2D eigenvalue weighted by atomic mass is 10.1. The molecule has 0 aromatic rings. The Labute approximate surface area is 67.0 Å². The van der Waals surface area contributed by atoms with Crippen molar-refractivity contribution in [3.8, 4) is 0 Å². The maximum atomic E-state index is 10.6. The SMILES string of the molecule is COC(=O)/C=C/C(C)(C)OC. The summed E-state index contributed by atoms with van der Waals surface area (Å²) in [7, 11) is 2.92. The molecule has 0 aromatic carbocycles. The first-order valence-corrected chi connectivity index (χ1v) is 3.34. The normalized spacial score (nSPS) is 12.0. The number of hydrogen-bond acceptors (Lipinski definition) is 3. The quantitative estimate of drug-likeness (QED) is 0.456. The van der Waals surface area contributed by atoms with Gasteiger partial charge in [0.25, 0.3) is 0 Å². The van der Waals surface area contributed by atoms with Crippen LogP contribution in [-0.4, -0.2) is 25.8 Å². The van der Waals surface area contributed by atoms with Crippen LogP contribution in [0.4, 0.5) is 0 Å². The first-order chi connectivity index (χ1) is 5.02. The second-order valence-electron chi connectivity index (χ2n) is 2.66. The molecule has 0 saturated heterocycles. The molecule has 3 nitrogen and oxygen atoms in total. The molecule has 0 saturated carbocycles. The molecule has 0 aliphatic carbocycles. The van der Waals surface area contributed by atoms with E-state index in [9.17, 15) is 4.79 Å². The zero-order chi connectivity index (χ0) is 8.91. The van der Waals surface area contributed by atoms with Crippen LogP contribution in [0.5, 0.6) is 0 Å². The second kappa shape index (κ2) is 4.13. The molecule has 0 bridgehead atoms. The smallest absolute Gasteiger partial charge is 0.330 e. The minimum absolute atomic E-state index is 0.366. The Bertz CT molecular complexity index is 159. The molecule has 0 aliphatic rings. The lowest BCUT2D eigenvalue weighted by Gasteiger charge is -2.16. The number of rotatable bonds is 3. The number of ether oxygens (including phenoxy) is 2. The summed E-state index contributed by atoms with van der Waals surface area (Å²) >= 11 is 0. The van der Waals surface area contributed by atoms with E-state index in [0.717, 1.165) is 0 Å². The van der Waals surface area contributed by atoms with Gasteiger partial charge in [-0.25, -0.2) is 4.79 Å². The third-order valence-electron chi connectivity index (χ3n) is 1.35. The van der Waals surface area contributed by atoms with Gasteiger partial charge in [-0.15, -0.1) is 0 Å². The van der Waals surface area contributed by atoms with Gasteiger partial charge in [-0.1, -0.05) is 0 Å². The molecule has 0 radical (unpaired) electrons. The van der Waals surface area contributed by atoms with Gasteiger partial charge in [0.1, 0.15) is 0 Å².